The lowest BCUT2D eigenvalue weighted by molar-refractivity contribution is -0.432. The minimum Gasteiger partial charge on any atom is -0.507 e. The average molecular weight is 437 g/mol. The molecule has 0 unspecified atom stereocenters. The van der Waals surface area contributed by atoms with Gasteiger partial charge >= 0.3 is 5.97 Å². The number of rotatable bonds is 9. The van der Waals surface area contributed by atoms with Crippen LogP contribution in [-0.2, 0) is 18.7 Å². The molecule has 0 saturated carbocycles. The van der Waals surface area contributed by atoms with E-state index in [4.69, 9.17) is 14.6 Å². The topological polar surface area (TPSA) is 127 Å². The fourth-order valence-electron chi connectivity index (χ4n) is 2.63. The Morgan fingerprint density at radius 3 is 2.62 bits per heavy atom. The Balaban J connectivity index is 1.68. The number of aryl methyl sites for hydroxylation is 1. The van der Waals surface area contributed by atoms with Crippen LogP contribution < -0.4 is 5.48 Å². The number of aromatic carboxylic acids is 1. The van der Waals surface area contributed by atoms with E-state index in [0.717, 1.165) is 24.1 Å². The molecule has 0 radical (unpaired) electrons. The van der Waals surface area contributed by atoms with Gasteiger partial charge < -0.3 is 10.2 Å². The van der Waals surface area contributed by atoms with Gasteiger partial charge in [-0.15, -0.1) is 13.7 Å². The van der Waals surface area contributed by atoms with Crippen LogP contribution in [0.2, 0.25) is 0 Å². The van der Waals surface area contributed by atoms with Crippen molar-refractivity contribution < 1.29 is 39.0 Å². The van der Waals surface area contributed by atoms with Crippen molar-refractivity contribution in [1.29, 1.82) is 0 Å². The fourth-order valence-corrected chi connectivity index (χ4v) is 3.68. The third-order valence-electron chi connectivity index (χ3n) is 3.89. The number of carboxylic acid groups (broad SMARTS) is 1. The zero-order valence-corrected chi connectivity index (χ0v) is 16.5. The van der Waals surface area contributed by atoms with E-state index in [0.29, 0.717) is 31.8 Å². The summed E-state index contributed by atoms with van der Waals surface area (Å²) in [5, 5.41) is 32.4. The molecule has 4 N–H and O–H groups in total. The zero-order valence-electron chi connectivity index (χ0n) is 14.8. The minimum absolute atomic E-state index is 0.163. The van der Waals surface area contributed by atoms with Gasteiger partial charge in [0.1, 0.15) is 11.3 Å². The van der Waals surface area contributed by atoms with Crippen molar-refractivity contribution in [3.8, 4) is 5.75 Å². The van der Waals surface area contributed by atoms with Crippen LogP contribution in [0.3, 0.4) is 0 Å². The van der Waals surface area contributed by atoms with Crippen LogP contribution in [0.15, 0.2) is 58.3 Å². The lowest BCUT2D eigenvalue weighted by Gasteiger charge is -2.12. The Kier molecular flexibility index (Phi) is 7.17. The second-order valence-electron chi connectivity index (χ2n) is 5.65. The SMILES string of the molecule is Cc1c(O)c(C(=O)O)cc2cccc(SOONc3cccc(SOOO)c3)c12. The number of phenols is 1. The summed E-state index contributed by atoms with van der Waals surface area (Å²) in [7, 11) is 0. The Hall–Kier alpha value is -2.51. The van der Waals surface area contributed by atoms with Crippen molar-refractivity contribution in [3.05, 3.63) is 59.7 Å². The second-order valence-corrected chi connectivity index (χ2v) is 7.16. The van der Waals surface area contributed by atoms with Gasteiger partial charge in [-0.3, -0.25) is 0 Å². The summed E-state index contributed by atoms with van der Waals surface area (Å²) in [5.41, 5.74) is 3.40. The Bertz CT molecular complexity index is 1030. The lowest BCUT2D eigenvalue weighted by Crippen LogP contribution is -2.00. The van der Waals surface area contributed by atoms with E-state index in [2.05, 4.69) is 14.9 Å². The average Bonchev–Trinajstić information content (AvgIpc) is 2.72. The third-order valence-corrected chi connectivity index (χ3v) is 5.12. The third kappa shape index (κ3) is 5.10. The summed E-state index contributed by atoms with van der Waals surface area (Å²) >= 11 is 1.70. The number of carbonyl (C=O) groups is 1. The first-order chi connectivity index (χ1) is 14.0. The molecule has 0 aliphatic rings. The molecule has 3 aromatic carbocycles. The number of aromatic hydroxyl groups is 1. The van der Waals surface area contributed by atoms with Crippen molar-refractivity contribution in [2.75, 3.05) is 5.48 Å². The highest BCUT2D eigenvalue weighted by atomic mass is 32.2. The molecule has 0 aliphatic heterocycles. The normalized spacial score (nSPS) is 11.0. The van der Waals surface area contributed by atoms with Gasteiger partial charge in [0.25, 0.3) is 0 Å². The van der Waals surface area contributed by atoms with Crippen LogP contribution in [0.4, 0.5) is 5.69 Å². The van der Waals surface area contributed by atoms with Crippen molar-refractivity contribution >= 4 is 46.5 Å². The maximum absolute atomic E-state index is 11.3. The Morgan fingerprint density at radius 1 is 1.07 bits per heavy atom. The number of hydrogen-bond donors (Lipinski definition) is 4. The molecule has 11 heteroatoms. The van der Waals surface area contributed by atoms with Gasteiger partial charge in [-0.1, -0.05) is 23.2 Å². The molecule has 29 heavy (non-hydrogen) atoms. The standard InChI is InChI=1S/C18H15NO8S2/c1-10-16-11(8-14(17(10)20)18(21)22)4-2-7-15(16)29-26-24-19-12-5-3-6-13(9-12)28-27-25-23/h2-9,19-20,23H,1H3,(H,21,22). The van der Waals surface area contributed by atoms with Crippen molar-refractivity contribution in [1.82, 2.24) is 0 Å². The highest BCUT2D eigenvalue weighted by Gasteiger charge is 2.17. The quantitative estimate of drug-likeness (QED) is 0.157. The lowest BCUT2D eigenvalue weighted by atomic mass is 10.0. The Morgan fingerprint density at radius 2 is 1.86 bits per heavy atom. The first kappa shape index (κ1) is 21.2. The largest absolute Gasteiger partial charge is 0.507 e. The van der Waals surface area contributed by atoms with E-state index in [1.54, 1.807) is 49.4 Å². The van der Waals surface area contributed by atoms with Crippen LogP contribution in [0.1, 0.15) is 15.9 Å². The number of fused-ring (bicyclic) bond motifs is 1. The maximum Gasteiger partial charge on any atom is 0.339 e. The van der Waals surface area contributed by atoms with Crippen LogP contribution >= 0.6 is 24.1 Å². The van der Waals surface area contributed by atoms with Gasteiger partial charge in [0.15, 0.2) is 0 Å². The molecular formula is C18H15NO8S2. The van der Waals surface area contributed by atoms with Gasteiger partial charge in [-0.2, -0.15) is 0 Å². The number of hydrogen-bond acceptors (Lipinski definition) is 10. The Labute approximate surface area is 173 Å². The van der Waals surface area contributed by atoms with E-state index in [1.807, 2.05) is 0 Å². The van der Waals surface area contributed by atoms with Gasteiger partial charge in [0, 0.05) is 20.7 Å². The zero-order chi connectivity index (χ0) is 20.8. The molecule has 0 amide bonds. The molecule has 0 atom stereocenters. The molecule has 0 aromatic heterocycles. The van der Waals surface area contributed by atoms with Crippen LogP contribution in [0, 0.1) is 6.92 Å². The van der Waals surface area contributed by atoms with Gasteiger partial charge in [0.05, 0.1) is 29.8 Å². The summed E-state index contributed by atoms with van der Waals surface area (Å²) in [6, 6.07) is 13.5. The van der Waals surface area contributed by atoms with Crippen molar-refractivity contribution in [2.45, 2.75) is 16.7 Å². The van der Waals surface area contributed by atoms with Crippen molar-refractivity contribution in [3.63, 3.8) is 0 Å². The van der Waals surface area contributed by atoms with Gasteiger partial charge in [-0.25, -0.2) is 15.5 Å². The number of carboxylic acids is 1. The smallest absolute Gasteiger partial charge is 0.339 e. The fraction of sp³-hybridized carbons (Fsp3) is 0.0556. The van der Waals surface area contributed by atoms with Crippen LogP contribution in [-0.4, -0.2) is 21.4 Å². The molecular weight excluding hydrogens is 422 g/mol. The van der Waals surface area contributed by atoms with E-state index >= 15 is 0 Å². The molecule has 0 fully saturated rings. The summed E-state index contributed by atoms with van der Waals surface area (Å²) in [5.74, 6) is -1.49. The molecule has 0 heterocycles. The predicted molar refractivity (Wildman–Crippen MR) is 106 cm³/mol. The molecule has 0 spiro atoms. The molecule has 0 saturated heterocycles. The van der Waals surface area contributed by atoms with Gasteiger partial charge in [0.2, 0.25) is 0 Å². The van der Waals surface area contributed by atoms with E-state index in [-0.39, 0.29) is 11.3 Å². The molecule has 152 valence electrons. The molecule has 0 bridgehead atoms. The minimum atomic E-state index is -1.20. The molecule has 9 nitrogen and oxygen atoms in total. The summed E-state index contributed by atoms with van der Waals surface area (Å²) in [6.45, 7) is 1.63. The van der Waals surface area contributed by atoms with E-state index in [9.17, 15) is 15.0 Å². The molecule has 0 aliphatic carbocycles. The van der Waals surface area contributed by atoms with Gasteiger partial charge in [-0.05, 0) is 42.6 Å². The van der Waals surface area contributed by atoms with Crippen molar-refractivity contribution in [2.24, 2.45) is 0 Å². The predicted octanol–water partition coefficient (Wildman–Crippen LogP) is 4.96. The summed E-state index contributed by atoms with van der Waals surface area (Å²) in [4.78, 5) is 17.5. The second kappa shape index (κ2) is 9.80. The van der Waals surface area contributed by atoms with Crippen LogP contribution in [0.5, 0.6) is 5.75 Å². The summed E-state index contributed by atoms with van der Waals surface area (Å²) < 4.78 is 9.48. The number of anilines is 1. The highest BCUT2D eigenvalue weighted by molar-refractivity contribution is 7.95. The first-order valence-corrected chi connectivity index (χ1v) is 9.49. The van der Waals surface area contributed by atoms with Crippen LogP contribution in [0.25, 0.3) is 10.8 Å². The number of nitrogens with one attached hydrogen (secondary N) is 1. The summed E-state index contributed by atoms with van der Waals surface area (Å²) in [6.07, 6.45) is 0. The molecule has 3 aromatic rings. The highest BCUT2D eigenvalue weighted by Crippen LogP contribution is 2.37. The first-order valence-electron chi connectivity index (χ1n) is 8.01. The van der Waals surface area contributed by atoms with E-state index < -0.39 is 5.97 Å². The molecule has 3 rings (SSSR count). The van der Waals surface area contributed by atoms with E-state index in [1.165, 1.54) is 6.07 Å². The monoisotopic (exact) mass is 437 g/mol. The number of benzene rings is 3. The maximum atomic E-state index is 11.3.